The molecule has 1 aromatic heterocycles. The van der Waals surface area contributed by atoms with Crippen LogP contribution in [-0.4, -0.2) is 20.7 Å². The highest BCUT2D eigenvalue weighted by Crippen LogP contribution is 2.18. The zero-order chi connectivity index (χ0) is 18.5. The van der Waals surface area contributed by atoms with Gasteiger partial charge in [-0.2, -0.15) is 5.10 Å². The third-order valence-corrected chi connectivity index (χ3v) is 4.31. The minimum atomic E-state index is -0.116. The summed E-state index contributed by atoms with van der Waals surface area (Å²) < 4.78 is 1.67. The third-order valence-electron chi connectivity index (χ3n) is 4.31. The summed E-state index contributed by atoms with van der Waals surface area (Å²) in [5.74, 6) is -0.116. The Balaban J connectivity index is 1.52. The lowest BCUT2D eigenvalue weighted by Crippen LogP contribution is -2.14. The zero-order valence-corrected chi connectivity index (χ0v) is 14.6. The highest BCUT2D eigenvalue weighted by molar-refractivity contribution is 6.05. The Morgan fingerprint density at radius 2 is 1.63 bits per heavy atom. The van der Waals surface area contributed by atoms with Gasteiger partial charge in [-0.1, -0.05) is 48.5 Å². The number of carbonyl (C=O) groups is 1. The van der Waals surface area contributed by atoms with E-state index in [2.05, 4.69) is 27.5 Å². The fourth-order valence-electron chi connectivity index (χ4n) is 2.95. The van der Waals surface area contributed by atoms with E-state index in [1.54, 1.807) is 11.0 Å². The Morgan fingerprint density at radius 3 is 2.37 bits per heavy atom. The van der Waals surface area contributed by atoms with Crippen molar-refractivity contribution in [2.75, 3.05) is 5.32 Å². The lowest BCUT2D eigenvalue weighted by Gasteiger charge is -2.11. The number of hydrogen-bond donors (Lipinski definition) is 1. The molecular formula is C22H18N4O. The van der Waals surface area contributed by atoms with Gasteiger partial charge in [-0.05, 0) is 47.9 Å². The maximum absolute atomic E-state index is 12.8. The van der Waals surface area contributed by atoms with E-state index in [1.807, 2.05) is 66.7 Å². The van der Waals surface area contributed by atoms with Gasteiger partial charge in [-0.25, -0.2) is 9.67 Å². The average Bonchev–Trinajstić information content (AvgIpc) is 3.25. The van der Waals surface area contributed by atoms with Gasteiger partial charge in [-0.3, -0.25) is 4.79 Å². The molecule has 4 aromatic rings. The molecule has 0 fully saturated rings. The van der Waals surface area contributed by atoms with E-state index in [0.29, 0.717) is 5.56 Å². The summed E-state index contributed by atoms with van der Waals surface area (Å²) in [7, 11) is 0. The molecule has 3 aromatic carbocycles. The maximum Gasteiger partial charge on any atom is 0.255 e. The predicted octanol–water partition coefficient (Wildman–Crippen LogP) is 4.11. The van der Waals surface area contributed by atoms with Crippen LogP contribution in [0.4, 0.5) is 5.69 Å². The minimum absolute atomic E-state index is 0.116. The molecule has 0 atom stereocenters. The van der Waals surface area contributed by atoms with E-state index in [4.69, 9.17) is 0 Å². The molecule has 5 nitrogen and oxygen atoms in total. The van der Waals surface area contributed by atoms with E-state index in [-0.39, 0.29) is 5.91 Å². The second-order valence-electron chi connectivity index (χ2n) is 6.16. The molecule has 5 heteroatoms. The van der Waals surface area contributed by atoms with Crippen molar-refractivity contribution in [3.63, 3.8) is 0 Å². The van der Waals surface area contributed by atoms with Crippen molar-refractivity contribution in [1.82, 2.24) is 14.8 Å². The highest BCUT2D eigenvalue weighted by Gasteiger charge is 2.11. The lowest BCUT2D eigenvalue weighted by atomic mass is 9.99. The van der Waals surface area contributed by atoms with Crippen LogP contribution in [0.2, 0.25) is 0 Å². The largest absolute Gasteiger partial charge is 0.322 e. The van der Waals surface area contributed by atoms with Crippen LogP contribution in [-0.2, 0) is 6.42 Å². The molecule has 1 heterocycles. The molecule has 0 spiro atoms. The van der Waals surface area contributed by atoms with Gasteiger partial charge in [0.05, 0.1) is 5.69 Å². The molecule has 0 aliphatic rings. The van der Waals surface area contributed by atoms with E-state index >= 15 is 0 Å². The molecule has 0 aliphatic heterocycles. The van der Waals surface area contributed by atoms with Crippen LogP contribution in [0.5, 0.6) is 0 Å². The van der Waals surface area contributed by atoms with E-state index in [0.717, 1.165) is 23.4 Å². The van der Waals surface area contributed by atoms with Crippen molar-refractivity contribution in [3.8, 4) is 5.69 Å². The number of amides is 1. The molecule has 27 heavy (non-hydrogen) atoms. The van der Waals surface area contributed by atoms with Crippen molar-refractivity contribution in [2.45, 2.75) is 6.42 Å². The number of nitrogens with zero attached hydrogens (tertiary/aromatic N) is 3. The van der Waals surface area contributed by atoms with Gasteiger partial charge < -0.3 is 5.32 Å². The van der Waals surface area contributed by atoms with Crippen LogP contribution < -0.4 is 5.32 Å². The summed E-state index contributed by atoms with van der Waals surface area (Å²) in [6.07, 6.45) is 3.84. The first-order chi connectivity index (χ1) is 13.3. The maximum atomic E-state index is 12.8. The number of aromatic nitrogens is 3. The fourth-order valence-corrected chi connectivity index (χ4v) is 2.95. The molecule has 0 aliphatic carbocycles. The summed E-state index contributed by atoms with van der Waals surface area (Å²) in [6.45, 7) is 0. The second kappa shape index (κ2) is 7.66. The van der Waals surface area contributed by atoms with Crippen LogP contribution in [0.15, 0.2) is 91.5 Å². The molecule has 0 saturated carbocycles. The van der Waals surface area contributed by atoms with Crippen LogP contribution >= 0.6 is 0 Å². The van der Waals surface area contributed by atoms with Gasteiger partial charge in [0.1, 0.15) is 12.7 Å². The second-order valence-corrected chi connectivity index (χ2v) is 6.16. The average molecular weight is 354 g/mol. The number of carbonyl (C=O) groups excluding carboxylic acids is 1. The SMILES string of the molecule is O=C(Nc1ccc(-n2cncn2)cc1)c1ccccc1Cc1ccccc1. The summed E-state index contributed by atoms with van der Waals surface area (Å²) in [4.78, 5) is 16.7. The van der Waals surface area contributed by atoms with Crippen LogP contribution in [0.25, 0.3) is 5.69 Å². The summed E-state index contributed by atoms with van der Waals surface area (Å²) in [5.41, 5.74) is 4.48. The van der Waals surface area contributed by atoms with E-state index in [9.17, 15) is 4.79 Å². The normalized spacial score (nSPS) is 10.5. The number of rotatable bonds is 5. The van der Waals surface area contributed by atoms with Crippen molar-refractivity contribution >= 4 is 11.6 Å². The molecule has 0 bridgehead atoms. The van der Waals surface area contributed by atoms with Gasteiger partial charge in [0.15, 0.2) is 0 Å². The quantitative estimate of drug-likeness (QED) is 0.587. The Kier molecular flexibility index (Phi) is 4.74. The topological polar surface area (TPSA) is 59.8 Å². The van der Waals surface area contributed by atoms with Crippen molar-refractivity contribution < 1.29 is 4.79 Å². The Labute approximate surface area is 157 Å². The zero-order valence-electron chi connectivity index (χ0n) is 14.6. The number of benzene rings is 3. The van der Waals surface area contributed by atoms with Crippen molar-refractivity contribution in [2.24, 2.45) is 0 Å². The Hall–Kier alpha value is -3.73. The van der Waals surface area contributed by atoms with Crippen LogP contribution in [0.1, 0.15) is 21.5 Å². The smallest absolute Gasteiger partial charge is 0.255 e. The summed E-state index contributed by atoms with van der Waals surface area (Å²) >= 11 is 0. The van der Waals surface area contributed by atoms with Crippen LogP contribution in [0.3, 0.4) is 0 Å². The molecular weight excluding hydrogens is 336 g/mol. The van der Waals surface area contributed by atoms with Gasteiger partial charge in [0.2, 0.25) is 0 Å². The first-order valence-corrected chi connectivity index (χ1v) is 8.68. The molecule has 0 radical (unpaired) electrons. The number of anilines is 1. The van der Waals surface area contributed by atoms with Crippen molar-refractivity contribution in [3.05, 3.63) is 108 Å². The molecule has 1 amide bonds. The highest BCUT2D eigenvalue weighted by atomic mass is 16.1. The lowest BCUT2D eigenvalue weighted by molar-refractivity contribution is 0.102. The van der Waals surface area contributed by atoms with Gasteiger partial charge in [0.25, 0.3) is 5.91 Å². The van der Waals surface area contributed by atoms with E-state index < -0.39 is 0 Å². The van der Waals surface area contributed by atoms with Gasteiger partial charge >= 0.3 is 0 Å². The van der Waals surface area contributed by atoms with Crippen molar-refractivity contribution in [1.29, 1.82) is 0 Å². The van der Waals surface area contributed by atoms with Gasteiger partial charge in [0, 0.05) is 11.3 Å². The first-order valence-electron chi connectivity index (χ1n) is 8.68. The Morgan fingerprint density at radius 1 is 0.889 bits per heavy atom. The molecule has 4 rings (SSSR count). The fraction of sp³-hybridized carbons (Fsp3) is 0.0455. The third kappa shape index (κ3) is 3.93. The number of hydrogen-bond acceptors (Lipinski definition) is 3. The monoisotopic (exact) mass is 354 g/mol. The molecule has 0 saturated heterocycles. The molecule has 0 unspecified atom stereocenters. The predicted molar refractivity (Wildman–Crippen MR) is 105 cm³/mol. The summed E-state index contributed by atoms with van der Waals surface area (Å²) in [5, 5.41) is 7.07. The standard InChI is InChI=1S/C22H18N4O/c27-22(25-19-10-12-20(13-11-19)26-16-23-15-24-26)21-9-5-4-8-18(21)14-17-6-2-1-3-7-17/h1-13,15-16H,14H2,(H,25,27). The number of nitrogens with one attached hydrogen (secondary N) is 1. The molecule has 132 valence electrons. The summed E-state index contributed by atoms with van der Waals surface area (Å²) in [6, 6.07) is 25.3. The minimum Gasteiger partial charge on any atom is -0.322 e. The molecule has 1 N–H and O–H groups in total. The van der Waals surface area contributed by atoms with Crippen LogP contribution in [0, 0.1) is 0 Å². The first kappa shape index (κ1) is 16.7. The Bertz CT molecular complexity index is 1030. The van der Waals surface area contributed by atoms with E-state index in [1.165, 1.54) is 11.9 Å². The van der Waals surface area contributed by atoms with Gasteiger partial charge in [-0.15, -0.1) is 0 Å².